The highest BCUT2D eigenvalue weighted by atomic mass is 16.6. The molecule has 0 aromatic rings. The number of unbranched alkanes of at least 4 members (excludes halogenated alkanes) is 46. The zero-order valence-electron chi connectivity index (χ0n) is 53.2. The largest absolute Gasteiger partial charge is 0.462 e. The van der Waals surface area contributed by atoms with Crippen LogP contribution in [0.4, 0.5) is 0 Å². The van der Waals surface area contributed by atoms with Gasteiger partial charge in [0.2, 0.25) is 0 Å². The molecular formula is C73H134O6. The van der Waals surface area contributed by atoms with Gasteiger partial charge >= 0.3 is 17.9 Å². The van der Waals surface area contributed by atoms with E-state index in [-0.39, 0.29) is 31.1 Å². The molecule has 0 saturated heterocycles. The van der Waals surface area contributed by atoms with Crippen molar-refractivity contribution in [3.63, 3.8) is 0 Å². The van der Waals surface area contributed by atoms with Gasteiger partial charge in [-0.25, -0.2) is 0 Å². The van der Waals surface area contributed by atoms with Gasteiger partial charge in [-0.1, -0.05) is 307 Å². The third kappa shape index (κ3) is 66.1. The van der Waals surface area contributed by atoms with Crippen LogP contribution in [0.5, 0.6) is 0 Å². The molecule has 0 aliphatic carbocycles. The minimum Gasteiger partial charge on any atom is -0.462 e. The van der Waals surface area contributed by atoms with Crippen LogP contribution in [-0.4, -0.2) is 37.2 Å². The first-order valence-corrected chi connectivity index (χ1v) is 35.1. The fourth-order valence-electron chi connectivity index (χ4n) is 10.5. The van der Waals surface area contributed by atoms with Gasteiger partial charge in [-0.05, 0) is 103 Å². The fourth-order valence-corrected chi connectivity index (χ4v) is 10.5. The average Bonchev–Trinajstić information content (AvgIpc) is 3.45. The van der Waals surface area contributed by atoms with E-state index in [2.05, 4.69) is 69.4 Å². The van der Waals surface area contributed by atoms with Crippen LogP contribution < -0.4 is 0 Å². The zero-order valence-corrected chi connectivity index (χ0v) is 53.2. The summed E-state index contributed by atoms with van der Waals surface area (Å²) in [4.78, 5) is 38.5. The number of hydrogen-bond acceptors (Lipinski definition) is 6. The van der Waals surface area contributed by atoms with E-state index in [1.165, 1.54) is 276 Å². The Balaban J connectivity index is 4.34. The third-order valence-corrected chi connectivity index (χ3v) is 15.8. The van der Waals surface area contributed by atoms with Crippen molar-refractivity contribution >= 4 is 17.9 Å². The Hall–Kier alpha value is -2.63. The van der Waals surface area contributed by atoms with Gasteiger partial charge in [0.25, 0.3) is 0 Å². The van der Waals surface area contributed by atoms with Gasteiger partial charge in [0.15, 0.2) is 6.10 Å². The van der Waals surface area contributed by atoms with Gasteiger partial charge in [0, 0.05) is 19.3 Å². The smallest absolute Gasteiger partial charge is 0.306 e. The van der Waals surface area contributed by atoms with Crippen LogP contribution >= 0.6 is 0 Å². The van der Waals surface area contributed by atoms with Gasteiger partial charge in [0.05, 0.1) is 0 Å². The van der Waals surface area contributed by atoms with Crippen molar-refractivity contribution in [3.05, 3.63) is 48.6 Å². The first-order chi connectivity index (χ1) is 39.0. The van der Waals surface area contributed by atoms with Crippen molar-refractivity contribution in [1.29, 1.82) is 0 Å². The van der Waals surface area contributed by atoms with Gasteiger partial charge in [-0.2, -0.15) is 0 Å². The average molecular weight is 1110 g/mol. The minimum atomic E-state index is -0.776. The first kappa shape index (κ1) is 76.4. The van der Waals surface area contributed by atoms with E-state index < -0.39 is 6.10 Å². The molecule has 462 valence electrons. The molecule has 1 atom stereocenters. The summed E-state index contributed by atoms with van der Waals surface area (Å²) in [6, 6.07) is 0. The number of rotatable bonds is 65. The summed E-state index contributed by atoms with van der Waals surface area (Å²) in [7, 11) is 0. The quantitative estimate of drug-likeness (QED) is 0.0261. The Morgan fingerprint density at radius 3 is 0.734 bits per heavy atom. The molecule has 0 rings (SSSR count). The van der Waals surface area contributed by atoms with Gasteiger partial charge < -0.3 is 14.2 Å². The molecule has 0 saturated carbocycles. The van der Waals surface area contributed by atoms with Crippen molar-refractivity contribution in [2.75, 3.05) is 13.2 Å². The van der Waals surface area contributed by atoms with E-state index in [9.17, 15) is 14.4 Å². The number of carbonyl (C=O) groups is 3. The predicted molar refractivity (Wildman–Crippen MR) is 344 cm³/mol. The van der Waals surface area contributed by atoms with Gasteiger partial charge in [-0.15, -0.1) is 0 Å². The van der Waals surface area contributed by atoms with Crippen LogP contribution in [-0.2, 0) is 28.6 Å². The zero-order chi connectivity index (χ0) is 57.1. The molecule has 0 aromatic heterocycles. The van der Waals surface area contributed by atoms with Crippen LogP contribution in [0.15, 0.2) is 48.6 Å². The lowest BCUT2D eigenvalue weighted by Crippen LogP contribution is -2.30. The number of ether oxygens (including phenoxy) is 3. The van der Waals surface area contributed by atoms with Gasteiger partial charge in [0.1, 0.15) is 13.2 Å². The molecule has 0 bridgehead atoms. The molecule has 0 fully saturated rings. The molecule has 0 heterocycles. The van der Waals surface area contributed by atoms with E-state index in [1.54, 1.807) is 0 Å². The molecular weight excluding hydrogens is 973 g/mol. The molecule has 79 heavy (non-hydrogen) atoms. The van der Waals surface area contributed by atoms with E-state index >= 15 is 0 Å². The van der Waals surface area contributed by atoms with E-state index in [0.717, 1.165) is 64.2 Å². The van der Waals surface area contributed by atoms with Gasteiger partial charge in [-0.3, -0.25) is 14.4 Å². The number of hydrogen-bond donors (Lipinski definition) is 0. The highest BCUT2D eigenvalue weighted by Gasteiger charge is 2.19. The second-order valence-electron chi connectivity index (χ2n) is 23.8. The molecule has 0 spiro atoms. The van der Waals surface area contributed by atoms with Crippen LogP contribution in [0.1, 0.15) is 380 Å². The minimum absolute atomic E-state index is 0.0717. The lowest BCUT2D eigenvalue weighted by molar-refractivity contribution is -0.167. The third-order valence-electron chi connectivity index (χ3n) is 15.8. The Bertz CT molecular complexity index is 1360. The molecule has 6 nitrogen and oxygen atoms in total. The normalized spacial score (nSPS) is 12.3. The second-order valence-corrected chi connectivity index (χ2v) is 23.8. The molecule has 0 N–H and O–H groups in total. The molecule has 6 heteroatoms. The fraction of sp³-hybridized carbons (Fsp3) is 0.849. The summed E-state index contributed by atoms with van der Waals surface area (Å²) in [6.07, 6.45) is 85.5. The number of carbonyl (C=O) groups excluding carboxylic acids is 3. The summed E-state index contributed by atoms with van der Waals surface area (Å²) in [5.74, 6) is -0.851. The monoisotopic (exact) mass is 1110 g/mol. The Morgan fingerprint density at radius 2 is 0.456 bits per heavy atom. The van der Waals surface area contributed by atoms with E-state index in [0.29, 0.717) is 19.3 Å². The summed E-state index contributed by atoms with van der Waals surface area (Å²) in [5.41, 5.74) is 0. The maximum atomic E-state index is 13.0. The number of allylic oxidation sites excluding steroid dienone is 8. The first-order valence-electron chi connectivity index (χ1n) is 35.1. The standard InChI is InChI=1S/C73H134O6/c1-4-7-10-13-16-19-22-25-28-31-34-36-39-42-45-48-51-54-57-60-63-66-72(75)78-69-70(68-77-71(74)65-62-59-56-53-50-47-44-41-38-33-30-27-24-21-18-15-12-9-6-3)79-73(76)67-64-61-58-55-52-49-46-43-40-37-35-32-29-26-23-20-17-14-11-8-5-2/h18,21,25-30,70H,4-17,19-20,22-24,31-69H2,1-3H3/b21-18-,28-25-,29-26-,30-27-/t70-/m1/s1. The summed E-state index contributed by atoms with van der Waals surface area (Å²) in [5, 5.41) is 0. The highest BCUT2D eigenvalue weighted by Crippen LogP contribution is 2.18. The van der Waals surface area contributed by atoms with Crippen molar-refractivity contribution in [3.8, 4) is 0 Å². The highest BCUT2D eigenvalue weighted by molar-refractivity contribution is 5.71. The Kier molecular flexibility index (Phi) is 65.6. The maximum absolute atomic E-state index is 13.0. The van der Waals surface area contributed by atoms with E-state index in [4.69, 9.17) is 14.2 Å². The lowest BCUT2D eigenvalue weighted by Gasteiger charge is -2.18. The van der Waals surface area contributed by atoms with Crippen LogP contribution in [0.25, 0.3) is 0 Å². The predicted octanol–water partition coefficient (Wildman–Crippen LogP) is 24.1. The molecule has 0 aliphatic heterocycles. The lowest BCUT2D eigenvalue weighted by atomic mass is 10.0. The van der Waals surface area contributed by atoms with Crippen LogP contribution in [0.2, 0.25) is 0 Å². The molecule has 0 aromatic carbocycles. The Labute approximate surface area is 492 Å². The molecule has 0 radical (unpaired) electrons. The summed E-state index contributed by atoms with van der Waals surface area (Å²) < 4.78 is 17.0. The number of esters is 3. The van der Waals surface area contributed by atoms with E-state index in [1.807, 2.05) is 0 Å². The topological polar surface area (TPSA) is 78.9 Å². The molecule has 0 aliphatic rings. The van der Waals surface area contributed by atoms with Crippen LogP contribution in [0.3, 0.4) is 0 Å². The maximum Gasteiger partial charge on any atom is 0.306 e. The van der Waals surface area contributed by atoms with Crippen molar-refractivity contribution in [2.45, 2.75) is 386 Å². The van der Waals surface area contributed by atoms with Crippen molar-refractivity contribution in [2.24, 2.45) is 0 Å². The Morgan fingerprint density at radius 1 is 0.253 bits per heavy atom. The van der Waals surface area contributed by atoms with Crippen LogP contribution in [0, 0.1) is 0 Å². The second kappa shape index (κ2) is 67.9. The SMILES string of the molecule is CCCCC/C=C\C/C=C\CCCCCCCCCCCC(=O)OC[C@H](COC(=O)CCCCCCCCCCCCC/C=C\CCCCCCCC)OC(=O)CCCCCCCCCCCCC/C=C\CCCCCCCC. The van der Waals surface area contributed by atoms with Crippen molar-refractivity contribution < 1.29 is 28.6 Å². The molecule has 0 amide bonds. The summed E-state index contributed by atoms with van der Waals surface area (Å²) in [6.45, 7) is 6.67. The van der Waals surface area contributed by atoms with Crippen molar-refractivity contribution in [1.82, 2.24) is 0 Å². The summed E-state index contributed by atoms with van der Waals surface area (Å²) >= 11 is 0. The molecule has 0 unspecified atom stereocenters.